The van der Waals surface area contributed by atoms with Gasteiger partial charge in [-0.2, -0.15) is 0 Å². The molecule has 4 rings (SSSR count). The first-order valence-electron chi connectivity index (χ1n) is 10.8. The molecular formula is C22H30ClN5O2. The molecule has 30 heavy (non-hydrogen) atoms. The van der Waals surface area contributed by atoms with E-state index < -0.39 is 0 Å². The highest BCUT2D eigenvalue weighted by Gasteiger charge is 2.19. The normalized spacial score (nSPS) is 22.6. The van der Waals surface area contributed by atoms with Gasteiger partial charge in [0.25, 0.3) is 0 Å². The third kappa shape index (κ3) is 5.33. The van der Waals surface area contributed by atoms with Crippen molar-refractivity contribution in [3.8, 4) is 17.0 Å². The molecule has 8 heteroatoms. The van der Waals surface area contributed by atoms with E-state index in [1.807, 2.05) is 12.1 Å². The molecule has 2 aliphatic rings. The summed E-state index contributed by atoms with van der Waals surface area (Å²) in [6.07, 6.45) is 9.50. The number of hydrogen-bond donors (Lipinski definition) is 4. The van der Waals surface area contributed by atoms with E-state index in [1.165, 1.54) is 0 Å². The van der Waals surface area contributed by atoms with Crippen LogP contribution in [0, 0.1) is 5.92 Å². The average molecular weight is 432 g/mol. The minimum absolute atomic E-state index is 0.00659. The molecule has 2 fully saturated rings. The van der Waals surface area contributed by atoms with Crippen LogP contribution in [0.25, 0.3) is 11.1 Å². The maximum Gasteiger partial charge on any atom is 0.234 e. The number of aromatic hydroxyl groups is 1. The number of anilines is 2. The lowest BCUT2D eigenvalue weighted by molar-refractivity contribution is 0.0699. The van der Waals surface area contributed by atoms with E-state index in [2.05, 4.69) is 20.6 Å². The Labute approximate surface area is 182 Å². The van der Waals surface area contributed by atoms with Gasteiger partial charge in [-0.3, -0.25) is 0 Å². The molecule has 3 heterocycles. The molecule has 162 valence electrons. The zero-order chi connectivity index (χ0) is 20.9. The van der Waals surface area contributed by atoms with E-state index in [9.17, 15) is 5.11 Å². The van der Waals surface area contributed by atoms with Crippen LogP contribution in [0.15, 0.2) is 24.5 Å². The number of hydrogen-bond acceptors (Lipinski definition) is 7. The van der Waals surface area contributed by atoms with Gasteiger partial charge in [0, 0.05) is 55.4 Å². The molecule has 0 spiro atoms. The van der Waals surface area contributed by atoms with Crippen molar-refractivity contribution >= 4 is 23.1 Å². The standard InChI is InChI=1S/C22H30ClN5O2/c23-19-13-26-21(28-17-3-1-16(24)2-4-17)10-18(19)15-9-20(22(29)27-12-15)25-11-14-5-7-30-8-6-14/h9-10,12-14,16-17,25H,1-8,11,24H2,(H,26,28)(H,27,29). The molecule has 5 N–H and O–H groups in total. The van der Waals surface area contributed by atoms with Crippen molar-refractivity contribution in [2.75, 3.05) is 30.4 Å². The topological polar surface area (TPSA) is 105 Å². The molecule has 1 saturated heterocycles. The van der Waals surface area contributed by atoms with E-state index in [0.29, 0.717) is 28.7 Å². The molecule has 0 unspecified atom stereocenters. The maximum absolute atomic E-state index is 10.2. The second-order valence-electron chi connectivity index (χ2n) is 8.34. The van der Waals surface area contributed by atoms with Gasteiger partial charge in [-0.15, -0.1) is 0 Å². The first-order chi connectivity index (χ1) is 14.6. The highest BCUT2D eigenvalue weighted by atomic mass is 35.5. The van der Waals surface area contributed by atoms with E-state index in [4.69, 9.17) is 22.1 Å². The Morgan fingerprint density at radius 3 is 2.60 bits per heavy atom. The lowest BCUT2D eigenvalue weighted by Gasteiger charge is -2.27. The van der Waals surface area contributed by atoms with Crippen molar-refractivity contribution < 1.29 is 9.84 Å². The lowest BCUT2D eigenvalue weighted by atomic mass is 9.92. The third-order valence-electron chi connectivity index (χ3n) is 6.08. The van der Waals surface area contributed by atoms with Crippen LogP contribution in [0.5, 0.6) is 5.88 Å². The zero-order valence-electron chi connectivity index (χ0n) is 17.1. The summed E-state index contributed by atoms with van der Waals surface area (Å²) < 4.78 is 5.41. The summed E-state index contributed by atoms with van der Waals surface area (Å²) in [6, 6.07) is 4.53. The first kappa shape index (κ1) is 21.2. The Balaban J connectivity index is 1.48. The van der Waals surface area contributed by atoms with Crippen LogP contribution in [0.3, 0.4) is 0 Å². The van der Waals surface area contributed by atoms with Gasteiger partial charge >= 0.3 is 0 Å². The second-order valence-corrected chi connectivity index (χ2v) is 8.74. The number of nitrogens with two attached hydrogens (primary N) is 1. The van der Waals surface area contributed by atoms with Crippen LogP contribution in [-0.2, 0) is 4.74 Å². The highest BCUT2D eigenvalue weighted by molar-refractivity contribution is 6.33. The van der Waals surface area contributed by atoms with Crippen molar-refractivity contribution in [2.24, 2.45) is 11.7 Å². The minimum atomic E-state index is -0.00659. The Bertz CT molecular complexity index is 851. The van der Waals surface area contributed by atoms with Gasteiger partial charge in [0.1, 0.15) is 5.82 Å². The lowest BCUT2D eigenvalue weighted by Crippen LogP contribution is -2.33. The average Bonchev–Trinajstić information content (AvgIpc) is 2.77. The summed E-state index contributed by atoms with van der Waals surface area (Å²) in [5, 5.41) is 17.6. The van der Waals surface area contributed by atoms with Crippen LogP contribution >= 0.6 is 11.6 Å². The zero-order valence-corrected chi connectivity index (χ0v) is 17.9. The summed E-state index contributed by atoms with van der Waals surface area (Å²) in [7, 11) is 0. The van der Waals surface area contributed by atoms with Crippen molar-refractivity contribution in [2.45, 2.75) is 50.6 Å². The van der Waals surface area contributed by atoms with Gasteiger partial charge in [0.15, 0.2) is 0 Å². The monoisotopic (exact) mass is 431 g/mol. The number of nitrogens with zero attached hydrogens (tertiary/aromatic N) is 2. The molecule has 0 amide bonds. The smallest absolute Gasteiger partial charge is 0.234 e. The fourth-order valence-corrected chi connectivity index (χ4v) is 4.36. The number of ether oxygens (including phenoxy) is 1. The molecule has 2 aromatic heterocycles. The van der Waals surface area contributed by atoms with Gasteiger partial charge in [0.05, 0.1) is 10.7 Å². The molecule has 0 atom stereocenters. The van der Waals surface area contributed by atoms with E-state index in [-0.39, 0.29) is 5.88 Å². The van der Waals surface area contributed by atoms with E-state index in [0.717, 1.165) is 75.2 Å². The SMILES string of the molecule is NC1CCC(Nc2cc(-c3cnc(O)c(NCC4CCOCC4)c3)c(Cl)cn2)CC1. The van der Waals surface area contributed by atoms with E-state index >= 15 is 0 Å². The first-order valence-corrected chi connectivity index (χ1v) is 11.1. The molecule has 0 aromatic carbocycles. The van der Waals surface area contributed by atoms with Gasteiger partial charge < -0.3 is 26.2 Å². The summed E-state index contributed by atoms with van der Waals surface area (Å²) in [5.74, 6) is 1.32. The second kappa shape index (κ2) is 9.81. The van der Waals surface area contributed by atoms with Crippen LogP contribution in [0.1, 0.15) is 38.5 Å². The van der Waals surface area contributed by atoms with Crippen molar-refractivity contribution in [1.29, 1.82) is 0 Å². The number of rotatable bonds is 6. The Kier molecular flexibility index (Phi) is 6.92. The molecule has 0 radical (unpaired) electrons. The predicted octanol–water partition coefficient (Wildman–Crippen LogP) is 4.02. The Hall–Kier alpha value is -2.09. The molecule has 0 bridgehead atoms. The number of nitrogens with one attached hydrogen (secondary N) is 2. The van der Waals surface area contributed by atoms with Crippen molar-refractivity contribution in [3.63, 3.8) is 0 Å². The summed E-state index contributed by atoms with van der Waals surface area (Å²) in [5.41, 5.74) is 8.29. The highest BCUT2D eigenvalue weighted by Crippen LogP contribution is 2.34. The molecule has 2 aromatic rings. The van der Waals surface area contributed by atoms with Crippen molar-refractivity contribution in [1.82, 2.24) is 9.97 Å². The van der Waals surface area contributed by atoms with E-state index in [1.54, 1.807) is 12.4 Å². The summed E-state index contributed by atoms with van der Waals surface area (Å²) in [6.45, 7) is 2.38. The fourth-order valence-electron chi connectivity index (χ4n) is 4.15. The van der Waals surface area contributed by atoms with Gasteiger partial charge in [0.2, 0.25) is 5.88 Å². The third-order valence-corrected chi connectivity index (χ3v) is 6.38. The molecule has 1 aliphatic heterocycles. The minimum Gasteiger partial charge on any atom is -0.492 e. The summed E-state index contributed by atoms with van der Waals surface area (Å²) in [4.78, 5) is 8.61. The maximum atomic E-state index is 10.2. The van der Waals surface area contributed by atoms with Gasteiger partial charge in [-0.25, -0.2) is 9.97 Å². The van der Waals surface area contributed by atoms with Gasteiger partial charge in [-0.1, -0.05) is 11.6 Å². The number of aromatic nitrogens is 2. The molecular weight excluding hydrogens is 402 g/mol. The largest absolute Gasteiger partial charge is 0.492 e. The Morgan fingerprint density at radius 1 is 1.07 bits per heavy atom. The van der Waals surface area contributed by atoms with Crippen LogP contribution in [0.4, 0.5) is 11.5 Å². The summed E-state index contributed by atoms with van der Waals surface area (Å²) >= 11 is 6.45. The Morgan fingerprint density at radius 2 is 1.83 bits per heavy atom. The number of pyridine rings is 2. The molecule has 1 aliphatic carbocycles. The predicted molar refractivity (Wildman–Crippen MR) is 120 cm³/mol. The molecule has 1 saturated carbocycles. The molecule has 7 nitrogen and oxygen atoms in total. The van der Waals surface area contributed by atoms with Crippen LogP contribution in [0.2, 0.25) is 5.02 Å². The van der Waals surface area contributed by atoms with Crippen LogP contribution in [-0.4, -0.2) is 46.9 Å². The van der Waals surface area contributed by atoms with Crippen LogP contribution < -0.4 is 16.4 Å². The fraction of sp³-hybridized carbons (Fsp3) is 0.545. The van der Waals surface area contributed by atoms with Gasteiger partial charge in [-0.05, 0) is 56.6 Å². The number of halogens is 1. The van der Waals surface area contributed by atoms with Crippen molar-refractivity contribution in [3.05, 3.63) is 29.5 Å². The quantitative estimate of drug-likeness (QED) is 0.547.